The number of hydrogen-bond donors (Lipinski definition) is 1. The normalized spacial score (nSPS) is 21.9. The first-order valence-corrected chi connectivity index (χ1v) is 5.99. The van der Waals surface area contributed by atoms with Gasteiger partial charge < -0.3 is 5.32 Å². The van der Waals surface area contributed by atoms with Gasteiger partial charge in [-0.25, -0.2) is 0 Å². The molecule has 1 unspecified atom stereocenters. The predicted molar refractivity (Wildman–Crippen MR) is 59.5 cm³/mol. The minimum atomic E-state index is -0.111. The molecule has 1 fully saturated rings. The van der Waals surface area contributed by atoms with Crippen LogP contribution in [0.15, 0.2) is 0 Å². The van der Waals surface area contributed by atoms with Gasteiger partial charge in [0.15, 0.2) is 0 Å². The van der Waals surface area contributed by atoms with Gasteiger partial charge in [0.1, 0.15) is 0 Å². The van der Waals surface area contributed by atoms with E-state index in [1.54, 1.807) is 0 Å². The summed E-state index contributed by atoms with van der Waals surface area (Å²) in [6.45, 7) is 4.08. The second-order valence-corrected chi connectivity index (χ2v) is 5.00. The Hall–Kier alpha value is -0.240. The summed E-state index contributed by atoms with van der Waals surface area (Å²) < 4.78 is 0. The molecule has 1 rings (SSSR count). The van der Waals surface area contributed by atoms with E-state index in [0.717, 1.165) is 19.3 Å². The third-order valence-corrected chi connectivity index (χ3v) is 3.39. The lowest BCUT2D eigenvalue weighted by atomic mass is 9.87. The van der Waals surface area contributed by atoms with Crippen LogP contribution in [0.2, 0.25) is 0 Å². The molecule has 0 aliphatic heterocycles. The Morgan fingerprint density at radius 1 is 1.50 bits per heavy atom. The summed E-state index contributed by atoms with van der Waals surface area (Å²) in [4.78, 5) is 11.9. The van der Waals surface area contributed by atoms with Crippen molar-refractivity contribution in [3.8, 4) is 0 Å². The highest BCUT2D eigenvalue weighted by Gasteiger charge is 2.36. The molecule has 0 aromatic carbocycles. The van der Waals surface area contributed by atoms with Crippen molar-refractivity contribution >= 4 is 17.5 Å². The number of halogens is 1. The Morgan fingerprint density at radius 2 is 2.07 bits per heavy atom. The molecule has 3 heteroatoms. The van der Waals surface area contributed by atoms with E-state index in [9.17, 15) is 4.79 Å². The van der Waals surface area contributed by atoms with Gasteiger partial charge >= 0.3 is 0 Å². The maximum Gasteiger partial charge on any atom is 0.226 e. The first-order valence-electron chi connectivity index (χ1n) is 5.45. The van der Waals surface area contributed by atoms with E-state index < -0.39 is 0 Å². The van der Waals surface area contributed by atoms with E-state index in [-0.39, 0.29) is 17.4 Å². The average Bonchev–Trinajstić information content (AvgIpc) is 2.54. The molecule has 1 N–H and O–H groups in total. The van der Waals surface area contributed by atoms with Crippen LogP contribution in [0.1, 0.15) is 46.0 Å². The van der Waals surface area contributed by atoms with Crippen molar-refractivity contribution in [3.05, 3.63) is 0 Å². The zero-order valence-electron chi connectivity index (χ0n) is 9.11. The van der Waals surface area contributed by atoms with Gasteiger partial charge in [-0.3, -0.25) is 4.79 Å². The van der Waals surface area contributed by atoms with Crippen LogP contribution in [-0.2, 0) is 4.79 Å². The van der Waals surface area contributed by atoms with Crippen LogP contribution in [0, 0.1) is 5.41 Å². The minimum Gasteiger partial charge on any atom is -0.353 e. The number of carbonyl (C=O) groups excluding carboxylic acids is 1. The Labute approximate surface area is 91.4 Å². The number of nitrogens with one attached hydrogen (secondary N) is 1. The van der Waals surface area contributed by atoms with Crippen molar-refractivity contribution in [2.24, 2.45) is 5.41 Å². The van der Waals surface area contributed by atoms with Crippen molar-refractivity contribution in [2.45, 2.75) is 52.0 Å². The lowest BCUT2D eigenvalue weighted by molar-refractivity contribution is -0.130. The number of hydrogen-bond acceptors (Lipinski definition) is 1. The van der Waals surface area contributed by atoms with Crippen LogP contribution < -0.4 is 5.32 Å². The second kappa shape index (κ2) is 5.01. The van der Waals surface area contributed by atoms with Crippen molar-refractivity contribution in [2.75, 3.05) is 5.88 Å². The molecule has 1 aliphatic carbocycles. The molecule has 0 saturated heterocycles. The van der Waals surface area contributed by atoms with E-state index in [0.29, 0.717) is 5.88 Å². The smallest absolute Gasteiger partial charge is 0.226 e. The lowest BCUT2D eigenvalue weighted by Crippen LogP contribution is -2.42. The number of carbonyl (C=O) groups is 1. The van der Waals surface area contributed by atoms with Crippen LogP contribution in [0.5, 0.6) is 0 Å². The monoisotopic (exact) mass is 217 g/mol. The highest BCUT2D eigenvalue weighted by molar-refractivity contribution is 6.17. The van der Waals surface area contributed by atoms with Gasteiger partial charge in [0.25, 0.3) is 0 Å². The summed E-state index contributed by atoms with van der Waals surface area (Å²) in [5.74, 6) is 0.825. The average molecular weight is 218 g/mol. The van der Waals surface area contributed by atoms with E-state index in [1.165, 1.54) is 12.8 Å². The van der Waals surface area contributed by atoms with Gasteiger partial charge in [-0.2, -0.15) is 0 Å². The SMILES string of the molecule is CC(CCCl)NC(=O)C1(C)CCCC1. The van der Waals surface area contributed by atoms with Gasteiger partial charge in [-0.05, 0) is 26.2 Å². The van der Waals surface area contributed by atoms with Gasteiger partial charge in [0, 0.05) is 17.3 Å². The molecule has 1 saturated carbocycles. The van der Waals surface area contributed by atoms with Gasteiger partial charge in [-0.1, -0.05) is 19.8 Å². The standard InChI is InChI=1S/C11H20ClNO/c1-9(5-8-12)13-10(14)11(2)6-3-4-7-11/h9H,3-8H2,1-2H3,(H,13,14). The highest BCUT2D eigenvalue weighted by Crippen LogP contribution is 2.37. The third-order valence-electron chi connectivity index (χ3n) is 3.17. The number of rotatable bonds is 4. The number of amides is 1. The molecule has 1 amide bonds. The van der Waals surface area contributed by atoms with Crippen LogP contribution in [0.4, 0.5) is 0 Å². The van der Waals surface area contributed by atoms with Gasteiger partial charge in [-0.15, -0.1) is 11.6 Å². The highest BCUT2D eigenvalue weighted by atomic mass is 35.5. The summed E-state index contributed by atoms with van der Waals surface area (Å²) in [7, 11) is 0. The van der Waals surface area contributed by atoms with E-state index >= 15 is 0 Å². The fourth-order valence-corrected chi connectivity index (χ4v) is 2.34. The molecule has 1 aliphatic rings. The first kappa shape index (κ1) is 11.8. The Bertz CT molecular complexity index is 199. The molecule has 0 heterocycles. The molecule has 0 radical (unpaired) electrons. The van der Waals surface area contributed by atoms with Crippen LogP contribution >= 0.6 is 11.6 Å². The number of alkyl halides is 1. The molecule has 0 bridgehead atoms. The lowest BCUT2D eigenvalue weighted by Gasteiger charge is -2.24. The fourth-order valence-electron chi connectivity index (χ4n) is 2.02. The fraction of sp³-hybridized carbons (Fsp3) is 0.909. The summed E-state index contributed by atoms with van der Waals surface area (Å²) in [6.07, 6.45) is 5.30. The zero-order chi connectivity index (χ0) is 10.6. The van der Waals surface area contributed by atoms with Gasteiger partial charge in [0.2, 0.25) is 5.91 Å². The third kappa shape index (κ3) is 2.88. The molecular weight excluding hydrogens is 198 g/mol. The molecule has 14 heavy (non-hydrogen) atoms. The topological polar surface area (TPSA) is 29.1 Å². The van der Waals surface area contributed by atoms with Crippen molar-refractivity contribution in [1.29, 1.82) is 0 Å². The molecule has 0 aromatic heterocycles. The van der Waals surface area contributed by atoms with Crippen molar-refractivity contribution < 1.29 is 4.79 Å². The van der Waals surface area contributed by atoms with Crippen LogP contribution in [-0.4, -0.2) is 17.8 Å². The van der Waals surface area contributed by atoms with Gasteiger partial charge in [0.05, 0.1) is 0 Å². The van der Waals surface area contributed by atoms with Crippen molar-refractivity contribution in [1.82, 2.24) is 5.32 Å². The largest absolute Gasteiger partial charge is 0.353 e. The molecule has 2 nitrogen and oxygen atoms in total. The Kier molecular flexibility index (Phi) is 4.24. The van der Waals surface area contributed by atoms with Crippen molar-refractivity contribution in [3.63, 3.8) is 0 Å². The zero-order valence-corrected chi connectivity index (χ0v) is 9.86. The Balaban J connectivity index is 2.40. The Morgan fingerprint density at radius 3 is 2.57 bits per heavy atom. The molecule has 82 valence electrons. The van der Waals surface area contributed by atoms with Crippen LogP contribution in [0.3, 0.4) is 0 Å². The molecular formula is C11H20ClNO. The summed E-state index contributed by atoms with van der Waals surface area (Å²) in [5.41, 5.74) is -0.111. The summed E-state index contributed by atoms with van der Waals surface area (Å²) in [6, 6.07) is 0.206. The van der Waals surface area contributed by atoms with Crippen LogP contribution in [0.25, 0.3) is 0 Å². The summed E-state index contributed by atoms with van der Waals surface area (Å²) in [5, 5.41) is 3.04. The molecule has 0 spiro atoms. The van der Waals surface area contributed by atoms with E-state index in [2.05, 4.69) is 12.2 Å². The molecule has 0 aromatic rings. The maximum absolute atomic E-state index is 11.9. The summed E-state index contributed by atoms with van der Waals surface area (Å²) >= 11 is 5.62. The maximum atomic E-state index is 11.9. The first-order chi connectivity index (χ1) is 6.58. The quantitative estimate of drug-likeness (QED) is 0.721. The molecule has 1 atom stereocenters. The minimum absolute atomic E-state index is 0.111. The van der Waals surface area contributed by atoms with E-state index in [1.807, 2.05) is 6.92 Å². The predicted octanol–water partition coefficient (Wildman–Crippen LogP) is 2.70. The van der Waals surface area contributed by atoms with E-state index in [4.69, 9.17) is 11.6 Å². The second-order valence-electron chi connectivity index (χ2n) is 4.62.